The molecule has 1 heterocycles. The molecule has 4 nitrogen and oxygen atoms in total. The van der Waals surface area contributed by atoms with E-state index >= 15 is 0 Å². The molecule has 2 aromatic carbocycles. The molecule has 0 aliphatic carbocycles. The van der Waals surface area contributed by atoms with Gasteiger partial charge in [0.05, 0.1) is 19.8 Å². The zero-order chi connectivity index (χ0) is 18.7. The Kier molecular flexibility index (Phi) is 4.98. The second-order valence-corrected chi connectivity index (χ2v) is 6.94. The maximum Gasteiger partial charge on any atom is 0.224 e. The minimum absolute atomic E-state index is 0.132. The fourth-order valence-electron chi connectivity index (χ4n) is 2.99. The minimum Gasteiger partial charge on any atom is -0.497 e. The zero-order valence-corrected chi connectivity index (χ0v) is 15.1. The van der Waals surface area contributed by atoms with Crippen molar-refractivity contribution < 1.29 is 18.3 Å². The highest BCUT2D eigenvalue weighted by atomic mass is 19.1. The van der Waals surface area contributed by atoms with Crippen molar-refractivity contribution in [1.82, 2.24) is 5.32 Å². The topological polar surface area (TPSA) is 51.5 Å². The van der Waals surface area contributed by atoms with E-state index in [1.54, 1.807) is 37.6 Å². The van der Waals surface area contributed by atoms with Gasteiger partial charge in [-0.3, -0.25) is 4.79 Å². The number of fused-ring (bicyclic) bond motifs is 1. The van der Waals surface area contributed by atoms with Gasteiger partial charge in [-0.2, -0.15) is 0 Å². The van der Waals surface area contributed by atoms with Crippen LogP contribution in [-0.4, -0.2) is 19.6 Å². The third-order valence-electron chi connectivity index (χ3n) is 4.54. The molecule has 0 fully saturated rings. The monoisotopic (exact) mass is 355 g/mol. The number of carbonyl (C=O) groups excluding carboxylic acids is 1. The Balaban J connectivity index is 1.67. The highest BCUT2D eigenvalue weighted by Gasteiger charge is 2.24. The van der Waals surface area contributed by atoms with Crippen molar-refractivity contribution in [2.45, 2.75) is 25.7 Å². The molecule has 3 rings (SSSR count). The maximum atomic E-state index is 14.0. The second kappa shape index (κ2) is 7.20. The maximum absolute atomic E-state index is 14.0. The molecule has 136 valence electrons. The molecule has 1 aromatic heterocycles. The lowest BCUT2D eigenvalue weighted by Gasteiger charge is -2.26. The molecule has 0 atom stereocenters. The second-order valence-electron chi connectivity index (χ2n) is 6.94. The van der Waals surface area contributed by atoms with Crippen molar-refractivity contribution >= 4 is 16.9 Å². The number of carbonyl (C=O) groups is 1. The zero-order valence-electron chi connectivity index (χ0n) is 15.1. The van der Waals surface area contributed by atoms with E-state index < -0.39 is 5.41 Å². The minimum atomic E-state index is -0.507. The number of hydrogen-bond donors (Lipinski definition) is 1. The third kappa shape index (κ3) is 3.72. The first-order valence-electron chi connectivity index (χ1n) is 8.46. The van der Waals surface area contributed by atoms with Crippen molar-refractivity contribution in [1.29, 1.82) is 0 Å². The van der Waals surface area contributed by atoms with Crippen LogP contribution >= 0.6 is 0 Å². The molecular formula is C21H22FNO3. The predicted molar refractivity (Wildman–Crippen MR) is 98.9 cm³/mol. The Labute approximate surface area is 152 Å². The number of halogens is 1. The molecule has 0 unspecified atom stereocenters. The lowest BCUT2D eigenvalue weighted by molar-refractivity contribution is -0.120. The van der Waals surface area contributed by atoms with Crippen molar-refractivity contribution in [3.63, 3.8) is 0 Å². The molecule has 1 N–H and O–H groups in total. The van der Waals surface area contributed by atoms with Crippen LogP contribution in [0.3, 0.4) is 0 Å². The van der Waals surface area contributed by atoms with Gasteiger partial charge >= 0.3 is 0 Å². The Morgan fingerprint density at radius 3 is 2.73 bits per heavy atom. The summed E-state index contributed by atoms with van der Waals surface area (Å²) in [5, 5.41) is 3.79. The molecule has 0 aliphatic rings. The van der Waals surface area contributed by atoms with Gasteiger partial charge in [0, 0.05) is 29.0 Å². The van der Waals surface area contributed by atoms with Gasteiger partial charge in [0.1, 0.15) is 17.1 Å². The molecule has 0 radical (unpaired) electrons. The molecule has 0 spiro atoms. The van der Waals surface area contributed by atoms with Crippen LogP contribution in [0.4, 0.5) is 4.39 Å². The largest absolute Gasteiger partial charge is 0.497 e. The summed E-state index contributed by atoms with van der Waals surface area (Å²) in [5.74, 6) is 0.309. The number of benzene rings is 2. The van der Waals surface area contributed by atoms with Crippen LogP contribution in [0.2, 0.25) is 0 Å². The predicted octanol–water partition coefficient (Wildman–Crippen LogP) is 4.22. The van der Waals surface area contributed by atoms with E-state index in [-0.39, 0.29) is 18.1 Å². The number of ether oxygens (including phenoxy) is 1. The summed E-state index contributed by atoms with van der Waals surface area (Å²) < 4.78 is 24.7. The first-order chi connectivity index (χ1) is 12.4. The van der Waals surface area contributed by atoms with E-state index in [0.29, 0.717) is 23.4 Å². The van der Waals surface area contributed by atoms with E-state index in [4.69, 9.17) is 9.15 Å². The van der Waals surface area contributed by atoms with Crippen molar-refractivity contribution in [3.8, 4) is 5.75 Å². The van der Waals surface area contributed by atoms with Gasteiger partial charge < -0.3 is 14.5 Å². The van der Waals surface area contributed by atoms with E-state index in [0.717, 1.165) is 10.9 Å². The number of nitrogens with one attached hydrogen (secondary N) is 1. The summed E-state index contributed by atoms with van der Waals surface area (Å²) in [6, 6.07) is 12.1. The average molecular weight is 355 g/mol. The fraction of sp³-hybridized carbons (Fsp3) is 0.286. The summed E-state index contributed by atoms with van der Waals surface area (Å²) in [5.41, 5.74) is 1.57. The van der Waals surface area contributed by atoms with Gasteiger partial charge in [-0.25, -0.2) is 4.39 Å². The van der Waals surface area contributed by atoms with Crippen LogP contribution in [-0.2, 0) is 16.6 Å². The molecule has 0 aliphatic heterocycles. The van der Waals surface area contributed by atoms with Crippen LogP contribution in [0.15, 0.2) is 53.1 Å². The molecule has 5 heteroatoms. The summed E-state index contributed by atoms with van der Waals surface area (Å²) in [4.78, 5) is 12.4. The lowest BCUT2D eigenvalue weighted by atomic mass is 9.84. The summed E-state index contributed by atoms with van der Waals surface area (Å²) in [6.45, 7) is 4.16. The van der Waals surface area contributed by atoms with Gasteiger partial charge in [0.2, 0.25) is 5.91 Å². The van der Waals surface area contributed by atoms with Gasteiger partial charge in [0.25, 0.3) is 0 Å². The van der Waals surface area contributed by atoms with Crippen LogP contribution in [0, 0.1) is 5.82 Å². The molecular weight excluding hydrogens is 333 g/mol. The number of amides is 1. The summed E-state index contributed by atoms with van der Waals surface area (Å²) in [7, 11) is 1.59. The Hall–Kier alpha value is -2.82. The summed E-state index contributed by atoms with van der Waals surface area (Å²) in [6.07, 6.45) is 1.79. The first-order valence-corrected chi connectivity index (χ1v) is 8.46. The van der Waals surface area contributed by atoms with E-state index in [9.17, 15) is 9.18 Å². The van der Waals surface area contributed by atoms with Crippen LogP contribution in [0.25, 0.3) is 11.0 Å². The quantitative estimate of drug-likeness (QED) is 0.720. The molecule has 0 bridgehead atoms. The number of furan rings is 1. The molecule has 0 saturated carbocycles. The fourth-order valence-corrected chi connectivity index (χ4v) is 2.99. The molecule has 26 heavy (non-hydrogen) atoms. The van der Waals surface area contributed by atoms with E-state index in [1.165, 1.54) is 6.07 Å². The number of methoxy groups -OCH3 is 1. The smallest absolute Gasteiger partial charge is 0.224 e. The number of hydrogen-bond acceptors (Lipinski definition) is 3. The Bertz CT molecular complexity index is 930. The standard InChI is InChI=1S/C21H22FNO3/c1-21(2,17-6-4-5-7-18(17)22)13-23-20(24)10-14-12-26-19-11-15(25-3)8-9-16(14)19/h4-9,11-12H,10,13H2,1-3H3,(H,23,24). The van der Waals surface area contributed by atoms with Gasteiger partial charge in [-0.1, -0.05) is 32.0 Å². The van der Waals surface area contributed by atoms with Crippen molar-refractivity contribution in [2.75, 3.05) is 13.7 Å². The number of rotatable bonds is 6. The Morgan fingerprint density at radius 1 is 1.23 bits per heavy atom. The van der Waals surface area contributed by atoms with Gasteiger partial charge in [-0.05, 0) is 23.8 Å². The average Bonchev–Trinajstić information content (AvgIpc) is 3.02. The van der Waals surface area contributed by atoms with E-state index in [2.05, 4.69) is 5.32 Å². The molecule has 3 aromatic rings. The highest BCUT2D eigenvalue weighted by Crippen LogP contribution is 2.27. The van der Waals surface area contributed by atoms with Crippen molar-refractivity contribution in [2.24, 2.45) is 0 Å². The molecule has 1 amide bonds. The molecule has 0 saturated heterocycles. The Morgan fingerprint density at radius 2 is 2.00 bits per heavy atom. The first kappa shape index (κ1) is 18.0. The third-order valence-corrected chi connectivity index (χ3v) is 4.54. The summed E-state index contributed by atoms with van der Waals surface area (Å²) >= 11 is 0. The van der Waals surface area contributed by atoms with Gasteiger partial charge in [-0.15, -0.1) is 0 Å². The lowest BCUT2D eigenvalue weighted by Crippen LogP contribution is -2.37. The van der Waals surface area contributed by atoms with E-state index in [1.807, 2.05) is 26.0 Å². The SMILES string of the molecule is COc1ccc2c(CC(=O)NCC(C)(C)c3ccccc3F)coc2c1. The normalized spacial score (nSPS) is 11.5. The van der Waals surface area contributed by atoms with Crippen LogP contribution in [0.1, 0.15) is 25.0 Å². The van der Waals surface area contributed by atoms with Crippen molar-refractivity contribution in [3.05, 3.63) is 65.7 Å². The van der Waals surface area contributed by atoms with Crippen LogP contribution in [0.5, 0.6) is 5.75 Å². The van der Waals surface area contributed by atoms with Crippen LogP contribution < -0.4 is 10.1 Å². The van der Waals surface area contributed by atoms with Gasteiger partial charge in [0.15, 0.2) is 0 Å². The highest BCUT2D eigenvalue weighted by molar-refractivity contribution is 5.88.